The highest BCUT2D eigenvalue weighted by Crippen LogP contribution is 2.44. The van der Waals surface area contributed by atoms with Crippen LogP contribution in [0.2, 0.25) is 0 Å². The second-order valence-electron chi connectivity index (χ2n) is 12.4. The third kappa shape index (κ3) is 5.63. The van der Waals surface area contributed by atoms with E-state index in [1.54, 1.807) is 4.31 Å². The molecule has 1 amide bonds. The fourth-order valence-electron chi connectivity index (χ4n) is 7.17. The van der Waals surface area contributed by atoms with Gasteiger partial charge >= 0.3 is 0 Å². The van der Waals surface area contributed by atoms with Crippen molar-refractivity contribution in [3.8, 4) is 0 Å². The van der Waals surface area contributed by atoms with Crippen molar-refractivity contribution in [3.63, 3.8) is 0 Å². The number of hydrogen-bond acceptors (Lipinski definition) is 6. The average molecular weight is 559 g/mol. The molecular weight excluding hydrogens is 521 g/mol. The molecule has 5 fully saturated rings. The first-order valence-electron chi connectivity index (χ1n) is 14.1. The zero-order valence-corrected chi connectivity index (χ0v) is 22.3. The number of rotatable bonds is 9. The van der Waals surface area contributed by atoms with E-state index in [0.717, 1.165) is 38.5 Å². The van der Waals surface area contributed by atoms with Crippen LogP contribution in [0.15, 0.2) is 10.6 Å². The maximum Gasteiger partial charge on any atom is 0.273 e. The number of carbonyl (C=O) groups is 1. The van der Waals surface area contributed by atoms with Crippen molar-refractivity contribution < 1.29 is 30.9 Å². The van der Waals surface area contributed by atoms with Gasteiger partial charge < -0.3 is 15.2 Å². The smallest absolute Gasteiger partial charge is 0.273 e. The van der Waals surface area contributed by atoms with E-state index in [2.05, 4.69) is 15.8 Å². The lowest BCUT2D eigenvalue weighted by molar-refractivity contribution is -0.109. The summed E-state index contributed by atoms with van der Waals surface area (Å²) < 4.78 is 73.1. The number of alkyl halides is 3. The Morgan fingerprint density at radius 2 is 1.68 bits per heavy atom. The highest BCUT2D eigenvalue weighted by atomic mass is 32.2. The SMILES string of the molecule is O=C(NC1C[C@H]2CC[C@@H](C1)N2S(=O)(=O)CC1CCC(NCC2CC(F)(F)C2)CC1)c1cc([C@H]2C[C@@H]2F)on1. The minimum absolute atomic E-state index is 0.0291. The van der Waals surface area contributed by atoms with Crippen molar-refractivity contribution in [2.75, 3.05) is 12.3 Å². The quantitative estimate of drug-likeness (QED) is 0.479. The summed E-state index contributed by atoms with van der Waals surface area (Å²) in [6.45, 7) is 0.620. The Bertz CT molecular complexity index is 1120. The van der Waals surface area contributed by atoms with Crippen molar-refractivity contribution in [1.82, 2.24) is 20.1 Å². The first-order chi connectivity index (χ1) is 18.1. The van der Waals surface area contributed by atoms with Gasteiger partial charge in [-0.3, -0.25) is 4.79 Å². The van der Waals surface area contributed by atoms with Crippen LogP contribution in [0, 0.1) is 11.8 Å². The predicted molar refractivity (Wildman–Crippen MR) is 133 cm³/mol. The summed E-state index contributed by atoms with van der Waals surface area (Å²) in [5.41, 5.74) is 0.136. The molecule has 212 valence electrons. The van der Waals surface area contributed by atoms with E-state index in [1.165, 1.54) is 6.07 Å². The van der Waals surface area contributed by atoms with Crippen LogP contribution in [0.3, 0.4) is 0 Å². The summed E-state index contributed by atoms with van der Waals surface area (Å²) in [6.07, 6.45) is 5.53. The van der Waals surface area contributed by atoms with Gasteiger partial charge in [0.25, 0.3) is 5.91 Å². The van der Waals surface area contributed by atoms with Gasteiger partial charge in [-0.15, -0.1) is 0 Å². The number of aromatic nitrogens is 1. The molecule has 3 heterocycles. The Hall–Kier alpha value is -1.66. The molecule has 3 saturated carbocycles. The zero-order chi connectivity index (χ0) is 26.7. The Labute approximate surface area is 221 Å². The molecule has 2 bridgehead atoms. The Kier molecular flexibility index (Phi) is 7.04. The van der Waals surface area contributed by atoms with E-state index in [1.807, 2.05) is 0 Å². The monoisotopic (exact) mass is 558 g/mol. The summed E-state index contributed by atoms with van der Waals surface area (Å²) in [7, 11) is -3.42. The number of hydrogen-bond donors (Lipinski definition) is 2. The largest absolute Gasteiger partial charge is 0.360 e. The number of fused-ring (bicyclic) bond motifs is 2. The van der Waals surface area contributed by atoms with Crippen molar-refractivity contribution in [2.24, 2.45) is 11.8 Å². The molecule has 1 aromatic rings. The van der Waals surface area contributed by atoms with Crippen LogP contribution in [-0.4, -0.2) is 72.3 Å². The highest BCUT2D eigenvalue weighted by Gasteiger charge is 2.48. The van der Waals surface area contributed by atoms with E-state index in [9.17, 15) is 26.4 Å². The molecule has 2 N–H and O–H groups in total. The molecule has 1 unspecified atom stereocenters. The zero-order valence-electron chi connectivity index (χ0n) is 21.5. The van der Waals surface area contributed by atoms with Crippen LogP contribution in [0.25, 0.3) is 0 Å². The van der Waals surface area contributed by atoms with E-state index >= 15 is 0 Å². The standard InChI is InChI=1S/C26H37F3N4O4S/c27-22-9-21(22)24-10-23(32-37-24)25(34)31-18-7-19-5-6-20(8-18)33(19)38(35,36)14-15-1-3-17(4-2-15)30-13-16-11-26(28,29)12-16/h10,15-22,30H,1-9,11-14H2,(H,31,34)/t15?,17?,18?,19-,20+,21-,22-/m0/s1. The molecule has 2 saturated heterocycles. The third-order valence-electron chi connectivity index (χ3n) is 9.32. The molecule has 6 rings (SSSR count). The number of amides is 1. The van der Waals surface area contributed by atoms with Crippen LogP contribution in [-0.2, 0) is 10.0 Å². The molecular formula is C26H37F3N4O4S. The molecule has 8 nitrogen and oxygen atoms in total. The first-order valence-corrected chi connectivity index (χ1v) is 15.7. The van der Waals surface area contributed by atoms with Crippen LogP contribution in [0.5, 0.6) is 0 Å². The number of nitrogens with zero attached hydrogens (tertiary/aromatic N) is 2. The van der Waals surface area contributed by atoms with Gasteiger partial charge in [0.15, 0.2) is 5.69 Å². The van der Waals surface area contributed by atoms with Gasteiger partial charge in [-0.2, -0.15) is 4.31 Å². The number of halogens is 3. The molecule has 1 aromatic heterocycles. The summed E-state index contributed by atoms with van der Waals surface area (Å²) in [4.78, 5) is 12.7. The Morgan fingerprint density at radius 3 is 2.29 bits per heavy atom. The Balaban J connectivity index is 0.965. The number of sulfonamides is 1. The number of nitrogens with one attached hydrogen (secondary N) is 2. The number of carbonyl (C=O) groups excluding carboxylic acids is 1. The third-order valence-corrected chi connectivity index (χ3v) is 11.5. The lowest BCUT2D eigenvalue weighted by Gasteiger charge is -2.39. The van der Waals surface area contributed by atoms with Crippen molar-refractivity contribution in [3.05, 3.63) is 17.5 Å². The second-order valence-corrected chi connectivity index (χ2v) is 14.3. The van der Waals surface area contributed by atoms with Gasteiger partial charge in [0.1, 0.15) is 11.9 Å². The van der Waals surface area contributed by atoms with Crippen LogP contribution in [0.4, 0.5) is 13.2 Å². The molecule has 0 aromatic carbocycles. The lowest BCUT2D eigenvalue weighted by atomic mass is 9.80. The molecule has 5 aliphatic rings. The maximum absolute atomic E-state index is 13.5. The van der Waals surface area contributed by atoms with Gasteiger partial charge in [-0.25, -0.2) is 21.6 Å². The van der Waals surface area contributed by atoms with E-state index in [0.29, 0.717) is 31.6 Å². The molecule has 5 atom stereocenters. The molecule has 38 heavy (non-hydrogen) atoms. The Morgan fingerprint density at radius 1 is 1.03 bits per heavy atom. The summed E-state index contributed by atoms with van der Waals surface area (Å²) in [6, 6.07) is 1.41. The van der Waals surface area contributed by atoms with E-state index < -0.39 is 22.1 Å². The molecule has 2 aliphatic heterocycles. The fourth-order valence-corrected chi connectivity index (χ4v) is 9.57. The first kappa shape index (κ1) is 26.6. The van der Waals surface area contributed by atoms with Gasteiger partial charge in [-0.1, -0.05) is 5.16 Å². The maximum atomic E-state index is 13.5. The predicted octanol–water partition coefficient (Wildman–Crippen LogP) is 3.75. The van der Waals surface area contributed by atoms with Gasteiger partial charge in [0.2, 0.25) is 15.9 Å². The van der Waals surface area contributed by atoms with Gasteiger partial charge in [0, 0.05) is 43.1 Å². The van der Waals surface area contributed by atoms with Crippen LogP contribution >= 0.6 is 0 Å². The van der Waals surface area contributed by atoms with Crippen LogP contribution in [0.1, 0.15) is 92.8 Å². The van der Waals surface area contributed by atoms with Crippen molar-refractivity contribution in [1.29, 1.82) is 0 Å². The fraction of sp³-hybridized carbons (Fsp3) is 0.846. The second kappa shape index (κ2) is 10.1. The average Bonchev–Trinajstić information content (AvgIpc) is 3.24. The minimum atomic E-state index is -3.42. The molecule has 0 radical (unpaired) electrons. The summed E-state index contributed by atoms with van der Waals surface area (Å²) in [5, 5.41) is 10.2. The van der Waals surface area contributed by atoms with E-state index in [-0.39, 0.29) is 72.1 Å². The topological polar surface area (TPSA) is 105 Å². The summed E-state index contributed by atoms with van der Waals surface area (Å²) >= 11 is 0. The van der Waals surface area contributed by atoms with Crippen LogP contribution < -0.4 is 10.6 Å². The highest BCUT2D eigenvalue weighted by molar-refractivity contribution is 7.89. The van der Waals surface area contributed by atoms with Crippen molar-refractivity contribution in [2.45, 2.75) is 113 Å². The minimum Gasteiger partial charge on any atom is -0.360 e. The number of piperidine rings is 1. The normalized spacial score (nSPS) is 37.1. The molecule has 12 heteroatoms. The van der Waals surface area contributed by atoms with E-state index in [4.69, 9.17) is 4.52 Å². The summed E-state index contributed by atoms with van der Waals surface area (Å²) in [5.74, 6) is -2.45. The lowest BCUT2D eigenvalue weighted by Crippen LogP contribution is -2.53. The molecule has 3 aliphatic carbocycles. The van der Waals surface area contributed by atoms with Gasteiger partial charge in [-0.05, 0) is 76.2 Å². The molecule has 0 spiro atoms. The van der Waals surface area contributed by atoms with Crippen molar-refractivity contribution >= 4 is 15.9 Å². The van der Waals surface area contributed by atoms with Gasteiger partial charge in [0.05, 0.1) is 11.7 Å².